The Morgan fingerprint density at radius 1 is 1.57 bits per heavy atom. The molecule has 2 N–H and O–H groups in total. The van der Waals surface area contributed by atoms with Gasteiger partial charge in [0, 0.05) is 12.7 Å². The lowest BCUT2D eigenvalue weighted by molar-refractivity contribution is 0.637. The Kier molecular flexibility index (Phi) is 2.25. The van der Waals surface area contributed by atoms with E-state index < -0.39 is 0 Å². The topological polar surface area (TPSA) is 53.6 Å². The van der Waals surface area contributed by atoms with Crippen LogP contribution in [0.4, 0.5) is 0 Å². The fourth-order valence-electron chi connectivity index (χ4n) is 1.49. The summed E-state index contributed by atoms with van der Waals surface area (Å²) in [5.74, 6) is 0. The predicted molar refractivity (Wildman–Crippen MR) is 58.0 cm³/mol. The largest absolute Gasteiger partial charge is 0.355 e. The second kappa shape index (κ2) is 3.42. The number of nitrogens with zero attached hydrogens (tertiary/aromatic N) is 1. The third kappa shape index (κ3) is 1.29. The van der Waals surface area contributed by atoms with Crippen LogP contribution in [0.2, 0.25) is 0 Å². The van der Waals surface area contributed by atoms with Crippen LogP contribution in [0, 0.1) is 4.77 Å². The molecule has 0 aliphatic rings. The van der Waals surface area contributed by atoms with Gasteiger partial charge in [0.1, 0.15) is 5.52 Å². The molecule has 2 aromatic heterocycles. The molecule has 0 saturated carbocycles. The van der Waals surface area contributed by atoms with Crippen LogP contribution in [0.25, 0.3) is 11.0 Å². The summed E-state index contributed by atoms with van der Waals surface area (Å²) in [6.45, 7) is 2.67. The summed E-state index contributed by atoms with van der Waals surface area (Å²) in [7, 11) is 0. The summed E-state index contributed by atoms with van der Waals surface area (Å²) < 4.78 is 2.07. The summed E-state index contributed by atoms with van der Waals surface area (Å²) in [5, 5.41) is 0. The van der Waals surface area contributed by atoms with Crippen molar-refractivity contribution in [1.82, 2.24) is 14.5 Å². The third-order valence-corrected chi connectivity index (χ3v) is 2.46. The first kappa shape index (κ1) is 9.21. The van der Waals surface area contributed by atoms with Gasteiger partial charge in [-0.3, -0.25) is 9.36 Å². The molecule has 0 saturated heterocycles. The first-order chi connectivity index (χ1) is 6.74. The maximum absolute atomic E-state index is 11.8. The van der Waals surface area contributed by atoms with E-state index in [0.29, 0.717) is 16.8 Å². The summed E-state index contributed by atoms with van der Waals surface area (Å²) >= 11 is 5.09. The lowest BCUT2D eigenvalue weighted by Crippen LogP contribution is -2.21. The van der Waals surface area contributed by atoms with Crippen molar-refractivity contribution in [3.05, 3.63) is 27.4 Å². The van der Waals surface area contributed by atoms with Gasteiger partial charge in [0.05, 0.1) is 5.52 Å². The zero-order valence-corrected chi connectivity index (χ0v) is 8.65. The van der Waals surface area contributed by atoms with Crippen LogP contribution in [0.15, 0.2) is 17.1 Å². The average Bonchev–Trinajstić information content (AvgIpc) is 2.60. The van der Waals surface area contributed by atoms with Crippen LogP contribution in [-0.2, 0) is 6.54 Å². The molecule has 5 heteroatoms. The van der Waals surface area contributed by atoms with Crippen molar-refractivity contribution in [3.8, 4) is 0 Å². The van der Waals surface area contributed by atoms with Crippen LogP contribution in [0.5, 0.6) is 0 Å². The number of aromatic nitrogens is 3. The summed E-state index contributed by atoms with van der Waals surface area (Å²) in [6, 6.07) is 1.81. The number of rotatable bonds is 2. The van der Waals surface area contributed by atoms with E-state index >= 15 is 0 Å². The highest BCUT2D eigenvalue weighted by molar-refractivity contribution is 7.71. The molecule has 14 heavy (non-hydrogen) atoms. The van der Waals surface area contributed by atoms with Gasteiger partial charge in [-0.2, -0.15) is 0 Å². The van der Waals surface area contributed by atoms with Gasteiger partial charge in [-0.05, 0) is 24.7 Å². The molecule has 0 unspecified atom stereocenters. The Morgan fingerprint density at radius 2 is 2.36 bits per heavy atom. The van der Waals surface area contributed by atoms with E-state index in [1.165, 1.54) is 0 Å². The van der Waals surface area contributed by atoms with Gasteiger partial charge >= 0.3 is 0 Å². The van der Waals surface area contributed by atoms with Crippen LogP contribution in [-0.4, -0.2) is 14.5 Å². The molecule has 0 bridgehead atoms. The monoisotopic (exact) mass is 209 g/mol. The molecule has 0 amide bonds. The van der Waals surface area contributed by atoms with Crippen LogP contribution < -0.4 is 5.56 Å². The van der Waals surface area contributed by atoms with Gasteiger partial charge in [0.2, 0.25) is 0 Å². The zero-order chi connectivity index (χ0) is 10.1. The van der Waals surface area contributed by atoms with E-state index in [9.17, 15) is 4.79 Å². The first-order valence-corrected chi connectivity index (χ1v) is 4.95. The van der Waals surface area contributed by atoms with E-state index in [1.54, 1.807) is 10.8 Å². The molecular formula is C9H11N3OS. The summed E-state index contributed by atoms with van der Waals surface area (Å²) in [4.78, 5) is 17.8. The van der Waals surface area contributed by atoms with Crippen molar-refractivity contribution in [2.75, 3.05) is 0 Å². The quantitative estimate of drug-likeness (QED) is 0.741. The van der Waals surface area contributed by atoms with Gasteiger partial charge in [0.25, 0.3) is 5.56 Å². The lowest BCUT2D eigenvalue weighted by Gasteiger charge is -2.03. The number of nitrogens with one attached hydrogen (secondary N) is 2. The van der Waals surface area contributed by atoms with Crippen LogP contribution in [0.3, 0.4) is 0 Å². The van der Waals surface area contributed by atoms with Gasteiger partial charge in [-0.15, -0.1) is 0 Å². The SMILES string of the molecule is CCCn1c(=S)[nH]c2cc[nH]c2c1=O. The van der Waals surface area contributed by atoms with Crippen molar-refractivity contribution in [3.63, 3.8) is 0 Å². The zero-order valence-electron chi connectivity index (χ0n) is 7.83. The molecule has 0 aliphatic carbocycles. The number of aromatic amines is 2. The third-order valence-electron chi connectivity index (χ3n) is 2.14. The second-order valence-corrected chi connectivity index (χ2v) is 3.54. The molecule has 0 spiro atoms. The molecule has 0 aromatic carbocycles. The van der Waals surface area contributed by atoms with Gasteiger partial charge in [-0.1, -0.05) is 6.92 Å². The van der Waals surface area contributed by atoms with E-state index in [1.807, 2.05) is 13.0 Å². The Labute approximate surface area is 85.6 Å². The van der Waals surface area contributed by atoms with E-state index in [4.69, 9.17) is 12.2 Å². The van der Waals surface area contributed by atoms with Crippen molar-refractivity contribution < 1.29 is 0 Å². The maximum Gasteiger partial charge on any atom is 0.278 e. The summed E-state index contributed by atoms with van der Waals surface area (Å²) in [6.07, 6.45) is 2.62. The van der Waals surface area contributed by atoms with E-state index in [0.717, 1.165) is 11.9 Å². The van der Waals surface area contributed by atoms with E-state index in [-0.39, 0.29) is 5.56 Å². The molecular weight excluding hydrogens is 198 g/mol. The highest BCUT2D eigenvalue weighted by Crippen LogP contribution is 2.03. The minimum Gasteiger partial charge on any atom is -0.355 e. The fourth-order valence-corrected chi connectivity index (χ4v) is 1.77. The number of fused-ring (bicyclic) bond motifs is 1. The molecule has 0 fully saturated rings. The highest BCUT2D eigenvalue weighted by Gasteiger charge is 2.04. The highest BCUT2D eigenvalue weighted by atomic mass is 32.1. The normalized spacial score (nSPS) is 10.9. The van der Waals surface area contributed by atoms with Crippen molar-refractivity contribution >= 4 is 23.3 Å². The Balaban J connectivity index is 2.83. The summed E-state index contributed by atoms with van der Waals surface area (Å²) in [5.41, 5.74) is 1.31. The second-order valence-electron chi connectivity index (χ2n) is 3.15. The fraction of sp³-hybridized carbons (Fsp3) is 0.333. The molecule has 0 atom stereocenters. The van der Waals surface area contributed by atoms with Crippen LogP contribution >= 0.6 is 12.2 Å². The smallest absolute Gasteiger partial charge is 0.278 e. The molecule has 2 heterocycles. The first-order valence-electron chi connectivity index (χ1n) is 4.54. The van der Waals surface area contributed by atoms with Crippen molar-refractivity contribution in [1.29, 1.82) is 0 Å². The number of hydrogen-bond acceptors (Lipinski definition) is 2. The minimum absolute atomic E-state index is 0.0457. The molecule has 4 nitrogen and oxygen atoms in total. The average molecular weight is 209 g/mol. The van der Waals surface area contributed by atoms with E-state index in [2.05, 4.69) is 9.97 Å². The lowest BCUT2D eigenvalue weighted by atomic mass is 10.4. The van der Waals surface area contributed by atoms with Gasteiger partial charge in [0.15, 0.2) is 4.77 Å². The van der Waals surface area contributed by atoms with Crippen molar-refractivity contribution in [2.24, 2.45) is 0 Å². The Bertz CT molecular complexity index is 563. The molecule has 2 rings (SSSR count). The van der Waals surface area contributed by atoms with Gasteiger partial charge < -0.3 is 9.97 Å². The molecule has 2 aromatic rings. The number of hydrogen-bond donors (Lipinski definition) is 2. The minimum atomic E-state index is -0.0457. The van der Waals surface area contributed by atoms with Crippen molar-refractivity contribution in [2.45, 2.75) is 19.9 Å². The Morgan fingerprint density at radius 3 is 3.07 bits per heavy atom. The van der Waals surface area contributed by atoms with Gasteiger partial charge in [-0.25, -0.2) is 0 Å². The maximum atomic E-state index is 11.8. The Hall–Kier alpha value is -1.36. The molecule has 74 valence electrons. The molecule has 0 radical (unpaired) electrons. The standard InChI is InChI=1S/C9H11N3OS/c1-2-5-12-8(13)7-6(3-4-10-7)11-9(12)14/h3-4,10H,2,5H2,1H3,(H,11,14). The van der Waals surface area contributed by atoms with Crippen LogP contribution in [0.1, 0.15) is 13.3 Å². The number of H-pyrrole nitrogens is 2. The molecule has 0 aliphatic heterocycles. The predicted octanol–water partition coefficient (Wildman–Crippen LogP) is 1.80.